The van der Waals surface area contributed by atoms with Crippen LogP contribution in [0, 0.1) is 0 Å². The zero-order valence-electron chi connectivity index (χ0n) is 13.8. The highest BCUT2D eigenvalue weighted by atomic mass is 16.6. The summed E-state index contributed by atoms with van der Waals surface area (Å²) in [6.07, 6.45) is 1.35. The van der Waals surface area contributed by atoms with Gasteiger partial charge in [0.2, 0.25) is 0 Å². The lowest BCUT2D eigenvalue weighted by Crippen LogP contribution is -2.19. The molecule has 0 amide bonds. The average molecular weight is 334 g/mol. The summed E-state index contributed by atoms with van der Waals surface area (Å²) in [5.41, 5.74) is 0.767. The second kappa shape index (κ2) is 11.0. The van der Waals surface area contributed by atoms with Crippen LogP contribution in [0.3, 0.4) is 0 Å². The molecule has 130 valence electrons. The lowest BCUT2D eigenvalue weighted by atomic mass is 10.2. The summed E-state index contributed by atoms with van der Waals surface area (Å²) in [5.74, 6) is -2.04. The number of hydrogen-bond acceptors (Lipinski definition) is 6. The topological polar surface area (TPSA) is 78.9 Å². The summed E-state index contributed by atoms with van der Waals surface area (Å²) in [5, 5.41) is 0. The maximum Gasteiger partial charge on any atom is 0.344 e. The Labute approximate surface area is 141 Å². The molecule has 0 unspecified atom stereocenters. The molecule has 0 spiro atoms. The smallest absolute Gasteiger partial charge is 0.344 e. The van der Waals surface area contributed by atoms with E-state index in [-0.39, 0.29) is 18.6 Å². The van der Waals surface area contributed by atoms with Crippen molar-refractivity contribution >= 4 is 17.9 Å². The van der Waals surface area contributed by atoms with Crippen molar-refractivity contribution in [2.24, 2.45) is 0 Å². The van der Waals surface area contributed by atoms with Gasteiger partial charge in [0.05, 0.1) is 13.0 Å². The van der Waals surface area contributed by atoms with E-state index in [0.717, 1.165) is 18.4 Å². The standard InChI is InChI=1S/C18H22O6/c1-3-4-10-22-17(20)13-24-18(21)14(2)11-16(19)23-12-15-8-6-5-7-9-15/h5-9H,2-4,10-13H2,1H3. The van der Waals surface area contributed by atoms with Crippen LogP contribution >= 0.6 is 0 Å². The third kappa shape index (κ3) is 8.12. The maximum atomic E-state index is 11.7. The Morgan fingerprint density at radius 3 is 2.38 bits per heavy atom. The van der Waals surface area contributed by atoms with Gasteiger partial charge in [-0.15, -0.1) is 0 Å². The fraction of sp³-hybridized carbons (Fsp3) is 0.389. The zero-order chi connectivity index (χ0) is 17.8. The molecule has 0 aromatic heterocycles. The van der Waals surface area contributed by atoms with Crippen LogP contribution in [0.5, 0.6) is 0 Å². The lowest BCUT2D eigenvalue weighted by Gasteiger charge is -2.08. The van der Waals surface area contributed by atoms with Gasteiger partial charge in [0.15, 0.2) is 6.61 Å². The van der Waals surface area contributed by atoms with E-state index in [1.54, 1.807) is 0 Å². The molecule has 0 aliphatic heterocycles. The molecule has 0 radical (unpaired) electrons. The van der Waals surface area contributed by atoms with E-state index in [2.05, 4.69) is 6.58 Å². The molecule has 0 atom stereocenters. The van der Waals surface area contributed by atoms with Crippen molar-refractivity contribution in [3.05, 3.63) is 48.0 Å². The molecule has 0 saturated carbocycles. The van der Waals surface area contributed by atoms with Crippen molar-refractivity contribution in [2.75, 3.05) is 13.2 Å². The van der Waals surface area contributed by atoms with Gasteiger partial charge in [-0.25, -0.2) is 9.59 Å². The Morgan fingerprint density at radius 2 is 1.71 bits per heavy atom. The molecule has 6 heteroatoms. The van der Waals surface area contributed by atoms with Crippen LogP contribution in [0.15, 0.2) is 42.5 Å². The highest BCUT2D eigenvalue weighted by Gasteiger charge is 2.16. The van der Waals surface area contributed by atoms with Crippen molar-refractivity contribution in [3.8, 4) is 0 Å². The van der Waals surface area contributed by atoms with Crippen LogP contribution in [0.2, 0.25) is 0 Å². The van der Waals surface area contributed by atoms with Gasteiger partial charge in [-0.1, -0.05) is 50.3 Å². The normalized spacial score (nSPS) is 9.88. The molecule has 0 heterocycles. The molecule has 1 rings (SSSR count). The van der Waals surface area contributed by atoms with Crippen LogP contribution in [-0.2, 0) is 35.2 Å². The second-order valence-corrected chi connectivity index (χ2v) is 5.08. The molecule has 0 bridgehead atoms. The third-order valence-corrected chi connectivity index (χ3v) is 2.97. The summed E-state index contributed by atoms with van der Waals surface area (Å²) in [6, 6.07) is 9.16. The molecule has 0 saturated heterocycles. The van der Waals surface area contributed by atoms with Crippen molar-refractivity contribution in [3.63, 3.8) is 0 Å². The second-order valence-electron chi connectivity index (χ2n) is 5.08. The van der Waals surface area contributed by atoms with Gasteiger partial charge in [0.1, 0.15) is 6.61 Å². The van der Waals surface area contributed by atoms with Gasteiger partial charge >= 0.3 is 17.9 Å². The Balaban J connectivity index is 2.24. The molecule has 0 N–H and O–H groups in total. The van der Waals surface area contributed by atoms with E-state index in [4.69, 9.17) is 14.2 Å². The van der Waals surface area contributed by atoms with Gasteiger partial charge in [-0.2, -0.15) is 0 Å². The molecular weight excluding hydrogens is 312 g/mol. The number of rotatable bonds is 10. The van der Waals surface area contributed by atoms with Crippen LogP contribution in [0.4, 0.5) is 0 Å². The van der Waals surface area contributed by atoms with E-state index in [9.17, 15) is 14.4 Å². The first-order valence-electron chi connectivity index (χ1n) is 7.73. The van der Waals surface area contributed by atoms with Gasteiger partial charge < -0.3 is 14.2 Å². The number of unbranched alkanes of at least 4 members (excludes halogenated alkanes) is 1. The van der Waals surface area contributed by atoms with Gasteiger partial charge in [-0.05, 0) is 12.0 Å². The van der Waals surface area contributed by atoms with Crippen molar-refractivity contribution in [2.45, 2.75) is 32.8 Å². The number of esters is 3. The minimum Gasteiger partial charge on any atom is -0.463 e. The Bertz CT molecular complexity index is 564. The van der Waals surface area contributed by atoms with Crippen LogP contribution in [-0.4, -0.2) is 31.1 Å². The van der Waals surface area contributed by atoms with E-state index < -0.39 is 24.5 Å². The SMILES string of the molecule is C=C(CC(=O)OCc1ccccc1)C(=O)OCC(=O)OCCCC. The monoisotopic (exact) mass is 334 g/mol. The molecule has 0 aliphatic carbocycles. The van der Waals surface area contributed by atoms with E-state index >= 15 is 0 Å². The molecular formula is C18H22O6. The quantitative estimate of drug-likeness (QED) is 0.283. The van der Waals surface area contributed by atoms with Gasteiger partial charge in [0.25, 0.3) is 0 Å². The fourth-order valence-electron chi connectivity index (χ4n) is 1.63. The number of hydrogen-bond donors (Lipinski definition) is 0. The Kier molecular flexibility index (Phi) is 8.89. The minimum absolute atomic E-state index is 0.0746. The highest BCUT2D eigenvalue weighted by molar-refractivity contribution is 5.94. The van der Waals surface area contributed by atoms with Gasteiger partial charge in [-0.3, -0.25) is 4.79 Å². The molecule has 1 aromatic rings. The molecule has 0 fully saturated rings. The summed E-state index contributed by atoms with van der Waals surface area (Å²) >= 11 is 0. The van der Waals surface area contributed by atoms with Crippen LogP contribution < -0.4 is 0 Å². The minimum atomic E-state index is -0.820. The van der Waals surface area contributed by atoms with Crippen molar-refractivity contribution in [1.29, 1.82) is 0 Å². The molecule has 1 aromatic carbocycles. The number of carbonyl (C=O) groups is 3. The average Bonchev–Trinajstić information content (AvgIpc) is 2.59. The Morgan fingerprint density at radius 1 is 1.00 bits per heavy atom. The largest absolute Gasteiger partial charge is 0.463 e. The number of benzene rings is 1. The first-order valence-corrected chi connectivity index (χ1v) is 7.73. The van der Waals surface area contributed by atoms with E-state index in [1.807, 2.05) is 37.3 Å². The number of ether oxygens (including phenoxy) is 3. The summed E-state index contributed by atoms with van der Waals surface area (Å²) < 4.78 is 14.6. The first-order chi connectivity index (χ1) is 11.5. The Hall–Kier alpha value is -2.63. The summed E-state index contributed by atoms with van der Waals surface area (Å²) in [6.45, 7) is 5.35. The predicted octanol–water partition coefficient (Wildman–Crippen LogP) is 2.56. The maximum absolute atomic E-state index is 11.7. The zero-order valence-corrected chi connectivity index (χ0v) is 13.8. The van der Waals surface area contributed by atoms with Crippen LogP contribution in [0.1, 0.15) is 31.7 Å². The molecule has 24 heavy (non-hydrogen) atoms. The molecule has 0 aliphatic rings. The lowest BCUT2D eigenvalue weighted by molar-refractivity contribution is -0.157. The fourth-order valence-corrected chi connectivity index (χ4v) is 1.63. The third-order valence-electron chi connectivity index (χ3n) is 2.97. The van der Waals surface area contributed by atoms with Crippen molar-refractivity contribution in [1.82, 2.24) is 0 Å². The number of carbonyl (C=O) groups excluding carboxylic acids is 3. The van der Waals surface area contributed by atoms with Crippen LogP contribution in [0.25, 0.3) is 0 Å². The molecule has 6 nitrogen and oxygen atoms in total. The first kappa shape index (κ1) is 19.4. The highest BCUT2D eigenvalue weighted by Crippen LogP contribution is 2.06. The van der Waals surface area contributed by atoms with E-state index in [0.29, 0.717) is 6.61 Å². The van der Waals surface area contributed by atoms with Crippen molar-refractivity contribution < 1.29 is 28.6 Å². The summed E-state index contributed by atoms with van der Waals surface area (Å²) in [4.78, 5) is 34.6. The van der Waals surface area contributed by atoms with Gasteiger partial charge in [0, 0.05) is 5.57 Å². The summed E-state index contributed by atoms with van der Waals surface area (Å²) in [7, 11) is 0. The predicted molar refractivity (Wildman–Crippen MR) is 86.8 cm³/mol. The van der Waals surface area contributed by atoms with E-state index in [1.165, 1.54) is 0 Å².